The third kappa shape index (κ3) is 5.32. The van der Waals surface area contributed by atoms with Gasteiger partial charge in [0.25, 0.3) is 0 Å². The number of hydrogen-bond acceptors (Lipinski definition) is 3. The molecule has 0 saturated carbocycles. The maximum absolute atomic E-state index is 5.17. The largest absolute Gasteiger partial charge is 0.497 e. The molecule has 1 aromatic carbocycles. The van der Waals surface area contributed by atoms with Gasteiger partial charge in [-0.15, -0.1) is 0 Å². The van der Waals surface area contributed by atoms with Gasteiger partial charge in [-0.2, -0.15) is 11.8 Å². The number of hydrogen-bond donors (Lipinski definition) is 1. The second-order valence-electron chi connectivity index (χ2n) is 4.55. The van der Waals surface area contributed by atoms with Crippen LogP contribution in [-0.4, -0.2) is 24.7 Å². The first-order chi connectivity index (χ1) is 8.67. The van der Waals surface area contributed by atoms with E-state index >= 15 is 0 Å². The average Bonchev–Trinajstić information content (AvgIpc) is 2.39. The van der Waals surface area contributed by atoms with E-state index in [2.05, 4.69) is 38.2 Å². The number of benzene rings is 1. The lowest BCUT2D eigenvalue weighted by Crippen LogP contribution is -2.29. The van der Waals surface area contributed by atoms with Crippen LogP contribution in [0.3, 0.4) is 0 Å². The van der Waals surface area contributed by atoms with Crippen LogP contribution in [0.4, 0.5) is 0 Å². The Morgan fingerprint density at radius 2 is 1.89 bits per heavy atom. The van der Waals surface area contributed by atoms with Gasteiger partial charge in [0.1, 0.15) is 5.75 Å². The molecule has 102 valence electrons. The van der Waals surface area contributed by atoms with Gasteiger partial charge in [0.15, 0.2) is 0 Å². The van der Waals surface area contributed by atoms with Crippen LogP contribution in [0, 0.1) is 0 Å². The summed E-state index contributed by atoms with van der Waals surface area (Å²) in [7, 11) is 1.70. The van der Waals surface area contributed by atoms with E-state index in [0.29, 0.717) is 12.1 Å². The fourth-order valence-electron chi connectivity index (χ4n) is 1.90. The normalized spacial score (nSPS) is 14.2. The Labute approximate surface area is 116 Å². The van der Waals surface area contributed by atoms with Crippen molar-refractivity contribution in [3.63, 3.8) is 0 Å². The number of rotatable bonds is 8. The topological polar surface area (TPSA) is 21.3 Å². The third-order valence-corrected chi connectivity index (χ3v) is 3.98. The summed E-state index contributed by atoms with van der Waals surface area (Å²) in [6.07, 6.45) is 1.22. The summed E-state index contributed by atoms with van der Waals surface area (Å²) >= 11 is 2.01. The molecule has 0 radical (unpaired) electrons. The molecule has 0 saturated heterocycles. The highest BCUT2D eigenvalue weighted by Gasteiger charge is 2.09. The van der Waals surface area contributed by atoms with Gasteiger partial charge in [-0.05, 0) is 49.5 Å². The van der Waals surface area contributed by atoms with Crippen LogP contribution in [0.25, 0.3) is 0 Å². The molecule has 0 amide bonds. The Morgan fingerprint density at radius 3 is 2.44 bits per heavy atom. The fraction of sp³-hybridized carbons (Fsp3) is 0.600. The molecule has 0 spiro atoms. The van der Waals surface area contributed by atoms with E-state index in [4.69, 9.17) is 4.74 Å². The van der Waals surface area contributed by atoms with Crippen LogP contribution in [0.2, 0.25) is 0 Å². The number of nitrogens with one attached hydrogen (secondary N) is 1. The summed E-state index contributed by atoms with van der Waals surface area (Å²) in [6.45, 7) is 6.68. The van der Waals surface area contributed by atoms with Crippen LogP contribution in [0.5, 0.6) is 5.75 Å². The van der Waals surface area contributed by atoms with Gasteiger partial charge in [0.05, 0.1) is 7.11 Å². The highest BCUT2D eigenvalue weighted by molar-refractivity contribution is 7.99. The second kappa shape index (κ2) is 8.44. The molecule has 0 aromatic heterocycles. The average molecular weight is 267 g/mol. The zero-order valence-electron chi connectivity index (χ0n) is 11.9. The molecule has 2 nitrogen and oxygen atoms in total. The van der Waals surface area contributed by atoms with Crippen molar-refractivity contribution in [2.24, 2.45) is 0 Å². The molecule has 2 atom stereocenters. The second-order valence-corrected chi connectivity index (χ2v) is 5.94. The molecule has 0 heterocycles. The van der Waals surface area contributed by atoms with Gasteiger partial charge in [-0.1, -0.05) is 19.1 Å². The minimum Gasteiger partial charge on any atom is -0.497 e. The summed E-state index contributed by atoms with van der Waals surface area (Å²) in [5.41, 5.74) is 1.31. The summed E-state index contributed by atoms with van der Waals surface area (Å²) in [4.78, 5) is 0. The molecular weight excluding hydrogens is 242 g/mol. The van der Waals surface area contributed by atoms with Gasteiger partial charge >= 0.3 is 0 Å². The maximum atomic E-state index is 5.17. The molecule has 0 bridgehead atoms. The van der Waals surface area contributed by atoms with Crippen molar-refractivity contribution in [3.8, 4) is 5.75 Å². The minimum atomic E-state index is 0.387. The smallest absolute Gasteiger partial charge is 0.118 e. The molecule has 1 rings (SSSR count). The molecule has 3 heteroatoms. The maximum Gasteiger partial charge on any atom is 0.118 e. The number of methoxy groups -OCH3 is 1. The highest BCUT2D eigenvalue weighted by Crippen LogP contribution is 2.18. The highest BCUT2D eigenvalue weighted by atomic mass is 32.2. The third-order valence-electron chi connectivity index (χ3n) is 3.05. The molecule has 0 fully saturated rings. The van der Waals surface area contributed by atoms with E-state index in [-0.39, 0.29) is 0 Å². The minimum absolute atomic E-state index is 0.387. The Morgan fingerprint density at radius 1 is 1.22 bits per heavy atom. The van der Waals surface area contributed by atoms with Crippen molar-refractivity contribution in [2.75, 3.05) is 18.6 Å². The molecule has 0 aliphatic heterocycles. The van der Waals surface area contributed by atoms with Gasteiger partial charge in [-0.3, -0.25) is 0 Å². The summed E-state index contributed by atoms with van der Waals surface area (Å²) < 4.78 is 5.17. The summed E-state index contributed by atoms with van der Waals surface area (Å²) in [5.74, 6) is 3.36. The van der Waals surface area contributed by atoms with E-state index in [1.165, 1.54) is 23.5 Å². The lowest BCUT2D eigenvalue weighted by Gasteiger charge is -2.20. The van der Waals surface area contributed by atoms with Crippen molar-refractivity contribution in [1.82, 2.24) is 5.32 Å². The monoisotopic (exact) mass is 267 g/mol. The molecule has 1 aromatic rings. The zero-order valence-corrected chi connectivity index (χ0v) is 12.7. The van der Waals surface area contributed by atoms with Crippen LogP contribution in [0.15, 0.2) is 24.3 Å². The lowest BCUT2D eigenvalue weighted by atomic mass is 10.1. The Balaban J connectivity index is 2.40. The molecule has 0 aliphatic carbocycles. The predicted molar refractivity (Wildman–Crippen MR) is 81.6 cm³/mol. The van der Waals surface area contributed by atoms with E-state index < -0.39 is 0 Å². The van der Waals surface area contributed by atoms with Gasteiger partial charge in [-0.25, -0.2) is 0 Å². The summed E-state index contributed by atoms with van der Waals surface area (Å²) in [5, 5.41) is 3.64. The molecule has 0 aliphatic rings. The van der Waals surface area contributed by atoms with E-state index in [1.54, 1.807) is 7.11 Å². The van der Waals surface area contributed by atoms with E-state index in [1.807, 2.05) is 23.9 Å². The van der Waals surface area contributed by atoms with Crippen LogP contribution in [-0.2, 0) is 0 Å². The fourth-order valence-corrected chi connectivity index (χ4v) is 2.71. The number of thioether (sulfide) groups is 1. The Bertz CT molecular complexity index is 326. The van der Waals surface area contributed by atoms with Crippen molar-refractivity contribution in [2.45, 2.75) is 39.3 Å². The van der Waals surface area contributed by atoms with Crippen molar-refractivity contribution in [1.29, 1.82) is 0 Å². The SMILES string of the molecule is CCSCCC(C)NC(C)c1ccc(OC)cc1. The Hall–Kier alpha value is -0.670. The summed E-state index contributed by atoms with van der Waals surface area (Å²) in [6, 6.07) is 9.24. The molecule has 2 unspecified atom stereocenters. The first-order valence-corrected chi connectivity index (χ1v) is 7.80. The predicted octanol–water partition coefficient (Wildman–Crippen LogP) is 3.88. The van der Waals surface area contributed by atoms with E-state index in [0.717, 1.165) is 5.75 Å². The first kappa shape index (κ1) is 15.4. The van der Waals surface area contributed by atoms with Crippen LogP contribution >= 0.6 is 11.8 Å². The first-order valence-electron chi connectivity index (χ1n) is 6.65. The van der Waals surface area contributed by atoms with Gasteiger partial charge in [0, 0.05) is 12.1 Å². The van der Waals surface area contributed by atoms with Gasteiger partial charge < -0.3 is 10.1 Å². The molecule has 18 heavy (non-hydrogen) atoms. The molecular formula is C15H25NOS. The lowest BCUT2D eigenvalue weighted by molar-refractivity contribution is 0.414. The quantitative estimate of drug-likeness (QED) is 0.722. The van der Waals surface area contributed by atoms with Crippen molar-refractivity contribution >= 4 is 11.8 Å². The molecule has 1 N–H and O–H groups in total. The standard InChI is InChI=1S/C15H25NOS/c1-5-18-11-10-12(2)16-13(3)14-6-8-15(17-4)9-7-14/h6-9,12-13,16H,5,10-11H2,1-4H3. The zero-order chi connectivity index (χ0) is 13.4. The number of ether oxygens (including phenoxy) is 1. The van der Waals surface area contributed by atoms with E-state index in [9.17, 15) is 0 Å². The van der Waals surface area contributed by atoms with Gasteiger partial charge in [0.2, 0.25) is 0 Å². The van der Waals surface area contributed by atoms with Crippen LogP contribution in [0.1, 0.15) is 38.8 Å². The van der Waals surface area contributed by atoms with Crippen LogP contribution < -0.4 is 10.1 Å². The Kier molecular flexibility index (Phi) is 7.21. The van der Waals surface area contributed by atoms with Crippen molar-refractivity contribution < 1.29 is 4.74 Å². The van der Waals surface area contributed by atoms with Crippen molar-refractivity contribution in [3.05, 3.63) is 29.8 Å².